The minimum atomic E-state index is -0.428. The standard InChI is InChI=1S/C12H13N5O3S2/c1-15-9-8(10(19)16(2)11(15)20)13-6(14-9)3-4-17-7(18)5-22-12(17)21/h3-5H2,1-2H3,(H,13,14). The second-order valence-electron chi connectivity index (χ2n) is 4.94. The molecule has 1 amide bonds. The fourth-order valence-electron chi connectivity index (χ4n) is 2.31. The molecule has 2 aromatic rings. The molecule has 3 heterocycles. The van der Waals surface area contributed by atoms with Gasteiger partial charge in [0, 0.05) is 27.1 Å². The Morgan fingerprint density at radius 1 is 1.27 bits per heavy atom. The quantitative estimate of drug-likeness (QED) is 0.748. The lowest BCUT2D eigenvalue weighted by atomic mass is 10.4. The van der Waals surface area contributed by atoms with E-state index in [1.807, 2.05) is 0 Å². The SMILES string of the molecule is Cn1c(=O)c2[nH]c(CCN3C(=O)CSC3=S)nc2n(C)c1=O. The Morgan fingerprint density at radius 2 is 2.00 bits per heavy atom. The van der Waals surface area contributed by atoms with E-state index in [9.17, 15) is 14.4 Å². The first kappa shape index (κ1) is 15.0. The number of amides is 1. The molecule has 1 aliphatic heterocycles. The molecule has 10 heteroatoms. The fraction of sp³-hybridized carbons (Fsp3) is 0.417. The molecule has 0 aliphatic carbocycles. The molecule has 0 saturated carbocycles. The number of nitrogens with zero attached hydrogens (tertiary/aromatic N) is 4. The summed E-state index contributed by atoms with van der Waals surface area (Å²) in [5.41, 5.74) is -0.250. The van der Waals surface area contributed by atoms with E-state index in [4.69, 9.17) is 12.2 Å². The maximum atomic E-state index is 12.1. The Kier molecular flexibility index (Phi) is 3.65. The molecule has 1 N–H and O–H groups in total. The van der Waals surface area contributed by atoms with Crippen molar-refractivity contribution in [2.75, 3.05) is 12.3 Å². The zero-order valence-corrected chi connectivity index (χ0v) is 13.6. The minimum absolute atomic E-state index is 0.0191. The second kappa shape index (κ2) is 5.36. The van der Waals surface area contributed by atoms with E-state index < -0.39 is 11.2 Å². The number of rotatable bonds is 3. The van der Waals surface area contributed by atoms with Gasteiger partial charge in [0.1, 0.15) is 15.7 Å². The zero-order valence-electron chi connectivity index (χ0n) is 12.0. The third kappa shape index (κ3) is 2.28. The van der Waals surface area contributed by atoms with Crippen LogP contribution in [0.2, 0.25) is 0 Å². The normalized spacial score (nSPS) is 15.3. The van der Waals surface area contributed by atoms with Gasteiger partial charge in [0.2, 0.25) is 5.91 Å². The molecule has 22 heavy (non-hydrogen) atoms. The minimum Gasteiger partial charge on any atom is -0.336 e. The number of imidazole rings is 1. The van der Waals surface area contributed by atoms with Crippen molar-refractivity contribution in [3.63, 3.8) is 0 Å². The first-order valence-corrected chi connectivity index (χ1v) is 7.91. The van der Waals surface area contributed by atoms with E-state index >= 15 is 0 Å². The highest BCUT2D eigenvalue weighted by Crippen LogP contribution is 2.19. The lowest BCUT2D eigenvalue weighted by Crippen LogP contribution is -2.36. The lowest BCUT2D eigenvalue weighted by Gasteiger charge is -2.13. The second-order valence-corrected chi connectivity index (χ2v) is 6.55. The van der Waals surface area contributed by atoms with Crippen LogP contribution in [-0.2, 0) is 25.3 Å². The molecular weight excluding hydrogens is 326 g/mol. The van der Waals surface area contributed by atoms with E-state index in [1.165, 1.54) is 28.3 Å². The Balaban J connectivity index is 1.93. The number of aromatic nitrogens is 4. The Labute approximate surface area is 134 Å². The van der Waals surface area contributed by atoms with Crippen LogP contribution in [0.1, 0.15) is 5.82 Å². The number of hydrogen-bond acceptors (Lipinski definition) is 6. The average Bonchev–Trinajstić information content (AvgIpc) is 3.05. The van der Waals surface area contributed by atoms with Crippen molar-refractivity contribution in [2.24, 2.45) is 14.1 Å². The van der Waals surface area contributed by atoms with Gasteiger partial charge in [-0.15, -0.1) is 0 Å². The van der Waals surface area contributed by atoms with E-state index in [2.05, 4.69) is 9.97 Å². The van der Waals surface area contributed by atoms with E-state index in [-0.39, 0.29) is 11.4 Å². The van der Waals surface area contributed by atoms with Crippen molar-refractivity contribution in [1.82, 2.24) is 24.0 Å². The van der Waals surface area contributed by atoms with E-state index in [1.54, 1.807) is 7.05 Å². The van der Waals surface area contributed by atoms with Gasteiger partial charge in [0.15, 0.2) is 5.65 Å². The van der Waals surface area contributed by atoms with Crippen molar-refractivity contribution >= 4 is 45.4 Å². The van der Waals surface area contributed by atoms with Crippen molar-refractivity contribution in [1.29, 1.82) is 0 Å². The summed E-state index contributed by atoms with van der Waals surface area (Å²) in [6, 6.07) is 0. The number of fused-ring (bicyclic) bond motifs is 1. The van der Waals surface area contributed by atoms with Gasteiger partial charge in [-0.1, -0.05) is 24.0 Å². The van der Waals surface area contributed by atoms with Crippen LogP contribution in [-0.4, -0.2) is 46.5 Å². The summed E-state index contributed by atoms with van der Waals surface area (Å²) in [4.78, 5) is 44.4. The Hall–Kier alpha value is -1.94. The number of carbonyl (C=O) groups is 1. The summed E-state index contributed by atoms with van der Waals surface area (Å²) in [5.74, 6) is 0.892. The molecule has 1 saturated heterocycles. The van der Waals surface area contributed by atoms with E-state index in [0.717, 1.165) is 4.57 Å². The molecule has 0 bridgehead atoms. The summed E-state index contributed by atoms with van der Waals surface area (Å²) >= 11 is 6.45. The van der Waals surface area contributed by atoms with Crippen molar-refractivity contribution in [3.8, 4) is 0 Å². The molecule has 116 valence electrons. The van der Waals surface area contributed by atoms with Gasteiger partial charge < -0.3 is 4.98 Å². The topological polar surface area (TPSA) is 93.0 Å². The molecule has 0 aromatic carbocycles. The highest BCUT2D eigenvalue weighted by molar-refractivity contribution is 8.23. The molecular formula is C12H13N5O3S2. The number of aryl methyl sites for hydroxylation is 1. The molecule has 1 aliphatic rings. The van der Waals surface area contributed by atoms with Crippen LogP contribution >= 0.6 is 24.0 Å². The maximum absolute atomic E-state index is 12.1. The largest absolute Gasteiger partial charge is 0.336 e. The summed E-state index contributed by atoms with van der Waals surface area (Å²) in [6.07, 6.45) is 0.429. The van der Waals surface area contributed by atoms with Gasteiger partial charge in [-0.25, -0.2) is 9.78 Å². The molecule has 0 unspecified atom stereocenters. The zero-order chi connectivity index (χ0) is 16.0. The highest BCUT2D eigenvalue weighted by Gasteiger charge is 2.26. The summed E-state index contributed by atoms with van der Waals surface area (Å²) in [7, 11) is 2.98. The fourth-order valence-corrected chi connectivity index (χ4v) is 3.43. The number of hydrogen-bond donors (Lipinski definition) is 1. The van der Waals surface area contributed by atoms with Gasteiger partial charge in [-0.2, -0.15) is 0 Å². The third-order valence-electron chi connectivity index (χ3n) is 3.56. The summed E-state index contributed by atoms with van der Waals surface area (Å²) < 4.78 is 2.91. The molecule has 8 nitrogen and oxygen atoms in total. The number of carbonyl (C=O) groups excluding carboxylic acids is 1. The van der Waals surface area contributed by atoms with Crippen LogP contribution in [0.5, 0.6) is 0 Å². The summed E-state index contributed by atoms with van der Waals surface area (Å²) in [6.45, 7) is 0.402. The van der Waals surface area contributed by atoms with Crippen molar-refractivity contribution in [3.05, 3.63) is 26.7 Å². The van der Waals surface area contributed by atoms with Gasteiger partial charge in [0.05, 0.1) is 5.75 Å². The summed E-state index contributed by atoms with van der Waals surface area (Å²) in [5, 5.41) is 0. The van der Waals surface area contributed by atoms with Crippen LogP contribution in [0.4, 0.5) is 0 Å². The molecule has 0 atom stereocenters. The number of thiocarbonyl (C=S) groups is 1. The van der Waals surface area contributed by atoms with Crippen molar-refractivity contribution < 1.29 is 4.79 Å². The van der Waals surface area contributed by atoms with Gasteiger partial charge >= 0.3 is 5.69 Å². The lowest BCUT2D eigenvalue weighted by molar-refractivity contribution is -0.123. The van der Waals surface area contributed by atoms with E-state index in [0.29, 0.717) is 34.5 Å². The van der Waals surface area contributed by atoms with Gasteiger partial charge in [0.25, 0.3) is 5.56 Å². The van der Waals surface area contributed by atoms with Crippen LogP contribution in [0, 0.1) is 0 Å². The van der Waals surface area contributed by atoms with Gasteiger partial charge in [-0.05, 0) is 0 Å². The predicted molar refractivity (Wildman–Crippen MR) is 87.0 cm³/mol. The van der Waals surface area contributed by atoms with Crippen LogP contribution in [0.25, 0.3) is 11.2 Å². The Morgan fingerprint density at radius 3 is 2.64 bits per heavy atom. The maximum Gasteiger partial charge on any atom is 0.332 e. The van der Waals surface area contributed by atoms with Crippen LogP contribution in [0.15, 0.2) is 9.59 Å². The van der Waals surface area contributed by atoms with Crippen LogP contribution < -0.4 is 11.2 Å². The predicted octanol–water partition coefficient (Wildman–Crippen LogP) is -0.637. The third-order valence-corrected chi connectivity index (χ3v) is 4.99. The van der Waals surface area contributed by atoms with Crippen LogP contribution in [0.3, 0.4) is 0 Å². The Bertz CT molecular complexity index is 894. The first-order valence-electron chi connectivity index (χ1n) is 6.52. The smallest absolute Gasteiger partial charge is 0.332 e. The molecule has 1 fully saturated rings. The molecule has 0 spiro atoms. The molecule has 3 rings (SSSR count). The first-order chi connectivity index (χ1) is 10.4. The average molecular weight is 339 g/mol. The number of H-pyrrole nitrogens is 1. The number of nitrogens with one attached hydrogen (secondary N) is 1. The number of aromatic amines is 1. The monoisotopic (exact) mass is 339 g/mol. The molecule has 2 aromatic heterocycles. The number of thioether (sulfide) groups is 1. The highest BCUT2D eigenvalue weighted by atomic mass is 32.2. The molecule has 0 radical (unpaired) electrons. The van der Waals surface area contributed by atoms with Crippen molar-refractivity contribution in [2.45, 2.75) is 6.42 Å². The van der Waals surface area contributed by atoms with Gasteiger partial charge in [-0.3, -0.25) is 23.6 Å².